The van der Waals surface area contributed by atoms with Crippen LogP contribution in [0.4, 0.5) is 5.69 Å². The molecule has 7 heteroatoms. The molecule has 7 nitrogen and oxygen atoms in total. The summed E-state index contributed by atoms with van der Waals surface area (Å²) in [5.41, 5.74) is 1.79. The van der Waals surface area contributed by atoms with Gasteiger partial charge in [0.1, 0.15) is 0 Å². The first-order valence-corrected chi connectivity index (χ1v) is 11.2. The highest BCUT2D eigenvalue weighted by molar-refractivity contribution is 5.92. The van der Waals surface area contributed by atoms with Crippen LogP contribution in [0.3, 0.4) is 0 Å². The number of anilines is 1. The first-order chi connectivity index (χ1) is 14.5. The monoisotopic (exact) mass is 413 g/mol. The standard InChI is InChI=1S/C23H31N3O4/c1-25-19-8-7-18(15-20(19)30-23(25)29)24-21(27)13-17-9-11-26(12-10-17)22(28)14-16-5-3-2-4-6-16/h7-8,15-17H,2-6,9-14H2,1H3,(H,24,27). The molecule has 2 amide bonds. The Morgan fingerprint density at radius 1 is 1.03 bits per heavy atom. The van der Waals surface area contributed by atoms with Gasteiger partial charge in [-0.15, -0.1) is 0 Å². The molecule has 1 saturated carbocycles. The summed E-state index contributed by atoms with van der Waals surface area (Å²) < 4.78 is 6.61. The van der Waals surface area contributed by atoms with Crippen LogP contribution >= 0.6 is 0 Å². The van der Waals surface area contributed by atoms with Gasteiger partial charge in [-0.3, -0.25) is 14.2 Å². The van der Waals surface area contributed by atoms with E-state index in [0.717, 1.165) is 25.9 Å². The van der Waals surface area contributed by atoms with E-state index < -0.39 is 5.76 Å². The number of aromatic nitrogens is 1. The van der Waals surface area contributed by atoms with E-state index in [2.05, 4.69) is 5.32 Å². The number of rotatable bonds is 5. The Bertz CT molecular complexity index is 962. The van der Waals surface area contributed by atoms with Crippen LogP contribution in [0, 0.1) is 11.8 Å². The molecule has 2 aliphatic rings. The molecule has 4 rings (SSSR count). The Hall–Kier alpha value is -2.57. The molecule has 162 valence electrons. The maximum absolute atomic E-state index is 12.6. The number of hydrogen-bond acceptors (Lipinski definition) is 4. The summed E-state index contributed by atoms with van der Waals surface area (Å²) in [5.74, 6) is 0.698. The molecule has 2 aromatic rings. The number of nitrogens with zero attached hydrogens (tertiary/aromatic N) is 2. The summed E-state index contributed by atoms with van der Waals surface area (Å²) in [6.45, 7) is 1.51. The van der Waals surface area contributed by atoms with Crippen LogP contribution < -0.4 is 11.1 Å². The van der Waals surface area contributed by atoms with Gasteiger partial charge in [0.25, 0.3) is 0 Å². The van der Waals surface area contributed by atoms with E-state index in [-0.39, 0.29) is 5.91 Å². The molecule has 1 aromatic heterocycles. The van der Waals surface area contributed by atoms with Crippen molar-refractivity contribution < 1.29 is 14.0 Å². The van der Waals surface area contributed by atoms with Crippen molar-refractivity contribution in [3.05, 3.63) is 28.7 Å². The summed E-state index contributed by atoms with van der Waals surface area (Å²) in [5, 5.41) is 2.91. The van der Waals surface area contributed by atoms with E-state index in [9.17, 15) is 14.4 Å². The minimum Gasteiger partial charge on any atom is -0.408 e. The van der Waals surface area contributed by atoms with E-state index in [4.69, 9.17) is 4.42 Å². The van der Waals surface area contributed by atoms with Gasteiger partial charge in [0, 0.05) is 44.7 Å². The number of hydrogen-bond donors (Lipinski definition) is 1. The number of oxazole rings is 1. The molecule has 0 radical (unpaired) electrons. The van der Waals surface area contributed by atoms with Gasteiger partial charge in [0.2, 0.25) is 11.8 Å². The lowest BCUT2D eigenvalue weighted by molar-refractivity contribution is -0.133. The summed E-state index contributed by atoms with van der Waals surface area (Å²) >= 11 is 0. The number of carbonyl (C=O) groups excluding carboxylic acids is 2. The van der Waals surface area contributed by atoms with E-state index in [0.29, 0.717) is 47.4 Å². The van der Waals surface area contributed by atoms with Crippen LogP contribution in [-0.4, -0.2) is 34.4 Å². The molecule has 1 aliphatic heterocycles. The first-order valence-electron chi connectivity index (χ1n) is 11.2. The third-order valence-electron chi connectivity index (χ3n) is 6.71. The molecule has 1 aliphatic carbocycles. The van der Waals surface area contributed by atoms with Gasteiger partial charge in [-0.2, -0.15) is 0 Å². The zero-order chi connectivity index (χ0) is 21.1. The van der Waals surface area contributed by atoms with Crippen LogP contribution in [0.25, 0.3) is 11.1 Å². The Labute approximate surface area is 176 Å². The van der Waals surface area contributed by atoms with Gasteiger partial charge < -0.3 is 14.6 Å². The first kappa shape index (κ1) is 20.7. The van der Waals surface area contributed by atoms with Crippen molar-refractivity contribution in [3.63, 3.8) is 0 Å². The van der Waals surface area contributed by atoms with Gasteiger partial charge in [-0.25, -0.2) is 4.79 Å². The molecule has 0 unspecified atom stereocenters. The van der Waals surface area contributed by atoms with Crippen LogP contribution in [0.15, 0.2) is 27.4 Å². The average Bonchev–Trinajstić information content (AvgIpc) is 3.02. The van der Waals surface area contributed by atoms with Crippen molar-refractivity contribution in [1.82, 2.24) is 9.47 Å². The molecule has 1 saturated heterocycles. The third kappa shape index (κ3) is 4.77. The highest BCUT2D eigenvalue weighted by Gasteiger charge is 2.26. The van der Waals surface area contributed by atoms with Crippen molar-refractivity contribution >= 4 is 28.6 Å². The number of piperidine rings is 1. The predicted octanol–water partition coefficient (Wildman–Crippen LogP) is 3.67. The number of likely N-dealkylation sites (tertiary alicyclic amines) is 1. The van der Waals surface area contributed by atoms with Crippen LogP contribution in [-0.2, 0) is 16.6 Å². The lowest BCUT2D eigenvalue weighted by Crippen LogP contribution is -2.40. The topological polar surface area (TPSA) is 84.6 Å². The fourth-order valence-corrected chi connectivity index (χ4v) is 4.84. The summed E-state index contributed by atoms with van der Waals surface area (Å²) in [6.07, 6.45) is 9.11. The second-order valence-corrected chi connectivity index (χ2v) is 8.89. The van der Waals surface area contributed by atoms with E-state index in [1.54, 1.807) is 25.2 Å². The number of aryl methyl sites for hydroxylation is 1. The van der Waals surface area contributed by atoms with Crippen LogP contribution in [0.2, 0.25) is 0 Å². The number of fused-ring (bicyclic) bond motifs is 1. The Morgan fingerprint density at radius 2 is 1.73 bits per heavy atom. The summed E-state index contributed by atoms with van der Waals surface area (Å²) in [6, 6.07) is 5.23. The molecule has 30 heavy (non-hydrogen) atoms. The average molecular weight is 414 g/mol. The molecule has 0 bridgehead atoms. The van der Waals surface area contributed by atoms with E-state index >= 15 is 0 Å². The highest BCUT2D eigenvalue weighted by atomic mass is 16.4. The number of nitrogens with one attached hydrogen (secondary N) is 1. The largest absolute Gasteiger partial charge is 0.419 e. The molecule has 0 atom stereocenters. The molecular weight excluding hydrogens is 382 g/mol. The van der Waals surface area contributed by atoms with Crippen LogP contribution in [0.1, 0.15) is 57.8 Å². The normalized spacial score (nSPS) is 18.6. The van der Waals surface area contributed by atoms with Gasteiger partial charge in [-0.05, 0) is 49.7 Å². The van der Waals surface area contributed by atoms with E-state index in [1.807, 2.05) is 4.90 Å². The number of amides is 2. The number of benzene rings is 1. The van der Waals surface area contributed by atoms with Crippen molar-refractivity contribution in [3.8, 4) is 0 Å². The minimum absolute atomic E-state index is 0.0420. The zero-order valence-corrected chi connectivity index (χ0v) is 17.7. The van der Waals surface area contributed by atoms with Gasteiger partial charge in [0.05, 0.1) is 5.52 Å². The minimum atomic E-state index is -0.418. The Kier molecular flexibility index (Phi) is 6.25. The molecular formula is C23H31N3O4. The van der Waals surface area contributed by atoms with Crippen LogP contribution in [0.5, 0.6) is 0 Å². The maximum atomic E-state index is 12.6. The van der Waals surface area contributed by atoms with Crippen molar-refractivity contribution in [2.24, 2.45) is 18.9 Å². The second kappa shape index (κ2) is 9.06. The van der Waals surface area contributed by atoms with Crippen molar-refractivity contribution in [1.29, 1.82) is 0 Å². The lowest BCUT2D eigenvalue weighted by atomic mass is 9.86. The van der Waals surface area contributed by atoms with Gasteiger partial charge in [-0.1, -0.05) is 19.3 Å². The maximum Gasteiger partial charge on any atom is 0.419 e. The van der Waals surface area contributed by atoms with Crippen molar-refractivity contribution in [2.45, 2.75) is 57.8 Å². The zero-order valence-electron chi connectivity index (χ0n) is 17.7. The predicted molar refractivity (Wildman–Crippen MR) is 115 cm³/mol. The molecule has 2 heterocycles. The quantitative estimate of drug-likeness (QED) is 0.811. The smallest absolute Gasteiger partial charge is 0.408 e. The summed E-state index contributed by atoms with van der Waals surface area (Å²) in [4.78, 5) is 38.7. The Balaban J connectivity index is 1.24. The van der Waals surface area contributed by atoms with Gasteiger partial charge in [0.15, 0.2) is 5.58 Å². The third-order valence-corrected chi connectivity index (χ3v) is 6.71. The number of carbonyl (C=O) groups is 2. The summed E-state index contributed by atoms with van der Waals surface area (Å²) in [7, 11) is 1.65. The fraction of sp³-hybridized carbons (Fsp3) is 0.609. The van der Waals surface area contributed by atoms with E-state index in [1.165, 1.54) is 36.7 Å². The second-order valence-electron chi connectivity index (χ2n) is 8.89. The Morgan fingerprint density at radius 3 is 2.47 bits per heavy atom. The molecule has 1 N–H and O–H groups in total. The highest BCUT2D eigenvalue weighted by Crippen LogP contribution is 2.28. The fourth-order valence-electron chi connectivity index (χ4n) is 4.84. The molecule has 0 spiro atoms. The van der Waals surface area contributed by atoms with Gasteiger partial charge >= 0.3 is 5.76 Å². The molecule has 1 aromatic carbocycles. The lowest BCUT2D eigenvalue weighted by Gasteiger charge is -2.33. The molecule has 2 fully saturated rings. The van der Waals surface area contributed by atoms with Crippen molar-refractivity contribution in [2.75, 3.05) is 18.4 Å². The SMILES string of the molecule is Cn1c(=O)oc2cc(NC(=O)CC3CCN(C(=O)CC4CCCCC4)CC3)ccc21.